The van der Waals surface area contributed by atoms with Crippen molar-refractivity contribution in [3.63, 3.8) is 0 Å². The van der Waals surface area contributed by atoms with Gasteiger partial charge in [0, 0.05) is 5.56 Å². The Kier molecular flexibility index (Phi) is 6.22. The summed E-state index contributed by atoms with van der Waals surface area (Å²) >= 11 is 6.87. The quantitative estimate of drug-likeness (QED) is 0.219. The molecule has 0 saturated carbocycles. The summed E-state index contributed by atoms with van der Waals surface area (Å²) in [5.74, 6) is 0.620. The molecule has 1 amide bonds. The predicted molar refractivity (Wildman–Crippen MR) is 146 cm³/mol. The lowest BCUT2D eigenvalue weighted by molar-refractivity contribution is -0.113. The third-order valence-electron chi connectivity index (χ3n) is 5.96. The second-order valence-corrected chi connectivity index (χ2v) is 9.97. The Labute approximate surface area is 209 Å². The van der Waals surface area contributed by atoms with E-state index in [2.05, 4.69) is 37.3 Å². The van der Waals surface area contributed by atoms with Crippen LogP contribution in [0.25, 0.3) is 16.8 Å². The number of aryl methyl sites for hydroxylation is 2. The van der Waals surface area contributed by atoms with Gasteiger partial charge in [-0.1, -0.05) is 84.6 Å². The van der Waals surface area contributed by atoms with Gasteiger partial charge in [-0.2, -0.15) is 0 Å². The van der Waals surface area contributed by atoms with Gasteiger partial charge in [-0.3, -0.25) is 9.69 Å². The van der Waals surface area contributed by atoms with E-state index < -0.39 is 0 Å². The molecule has 1 saturated heterocycles. The standard InChI is InChI=1S/C29H23NO2S2/c1-19-11-14-25(15-20(19)2)30-28(31)27(34-29(30)33)17-24-9-5-6-10-26(24)32-18-21-12-13-22-7-3-4-8-23(22)16-21/h3-17H,18H2,1-2H3/b27-17-. The number of carbonyl (C=O) groups excluding carboxylic acids is 1. The van der Waals surface area contributed by atoms with Gasteiger partial charge in [0.25, 0.3) is 5.91 Å². The summed E-state index contributed by atoms with van der Waals surface area (Å²) < 4.78 is 6.71. The van der Waals surface area contributed by atoms with Crippen molar-refractivity contribution in [3.05, 3.63) is 112 Å². The second-order valence-electron chi connectivity index (χ2n) is 8.29. The molecule has 0 bridgehead atoms. The number of hydrogen-bond donors (Lipinski definition) is 0. The highest BCUT2D eigenvalue weighted by atomic mass is 32.2. The van der Waals surface area contributed by atoms with Crippen molar-refractivity contribution in [3.8, 4) is 5.75 Å². The van der Waals surface area contributed by atoms with Crippen LogP contribution in [0.15, 0.2) is 89.8 Å². The number of para-hydroxylation sites is 1. The number of nitrogens with zero attached hydrogens (tertiary/aromatic N) is 1. The average Bonchev–Trinajstić information content (AvgIpc) is 3.12. The fourth-order valence-electron chi connectivity index (χ4n) is 3.92. The molecule has 4 aromatic carbocycles. The zero-order chi connectivity index (χ0) is 23.7. The van der Waals surface area contributed by atoms with E-state index in [1.54, 1.807) is 4.90 Å². The number of anilines is 1. The summed E-state index contributed by atoms with van der Waals surface area (Å²) in [6.45, 7) is 4.53. The van der Waals surface area contributed by atoms with Crippen LogP contribution in [-0.2, 0) is 11.4 Å². The van der Waals surface area contributed by atoms with Gasteiger partial charge >= 0.3 is 0 Å². The molecule has 1 aliphatic rings. The molecule has 0 radical (unpaired) electrons. The maximum absolute atomic E-state index is 13.2. The molecule has 5 heteroatoms. The van der Waals surface area contributed by atoms with E-state index in [1.807, 2.05) is 67.6 Å². The van der Waals surface area contributed by atoms with E-state index in [0.717, 1.165) is 28.1 Å². The Morgan fingerprint density at radius 2 is 1.65 bits per heavy atom. The topological polar surface area (TPSA) is 29.5 Å². The van der Waals surface area contributed by atoms with E-state index in [4.69, 9.17) is 17.0 Å². The smallest absolute Gasteiger partial charge is 0.270 e. The third-order valence-corrected chi connectivity index (χ3v) is 7.26. The van der Waals surface area contributed by atoms with Crippen LogP contribution in [0.4, 0.5) is 5.69 Å². The molecule has 1 heterocycles. The minimum absolute atomic E-state index is 0.109. The molecule has 5 rings (SSSR count). The normalized spacial score (nSPS) is 14.9. The number of carbonyl (C=O) groups is 1. The maximum Gasteiger partial charge on any atom is 0.270 e. The highest BCUT2D eigenvalue weighted by molar-refractivity contribution is 8.27. The van der Waals surface area contributed by atoms with Crippen molar-refractivity contribution in [2.75, 3.05) is 4.90 Å². The summed E-state index contributed by atoms with van der Waals surface area (Å²) in [5.41, 5.74) is 5.05. The molecule has 0 atom stereocenters. The fraction of sp³-hybridized carbons (Fsp3) is 0.103. The third kappa shape index (κ3) is 4.49. The monoisotopic (exact) mass is 481 g/mol. The number of amides is 1. The number of thioether (sulfide) groups is 1. The largest absolute Gasteiger partial charge is 0.488 e. The van der Waals surface area contributed by atoms with Crippen molar-refractivity contribution < 1.29 is 9.53 Å². The average molecular weight is 482 g/mol. The number of benzene rings is 4. The minimum atomic E-state index is -0.109. The Balaban J connectivity index is 1.38. The fourth-order valence-corrected chi connectivity index (χ4v) is 5.21. The van der Waals surface area contributed by atoms with Gasteiger partial charge < -0.3 is 4.74 Å². The first-order valence-electron chi connectivity index (χ1n) is 11.0. The summed E-state index contributed by atoms with van der Waals surface area (Å²) in [4.78, 5) is 15.4. The van der Waals surface area contributed by atoms with Gasteiger partial charge in [0.05, 0.1) is 10.6 Å². The van der Waals surface area contributed by atoms with Crippen LogP contribution in [-0.4, -0.2) is 10.2 Å². The lowest BCUT2D eigenvalue weighted by Crippen LogP contribution is -2.27. The van der Waals surface area contributed by atoms with Crippen molar-refractivity contribution in [2.45, 2.75) is 20.5 Å². The van der Waals surface area contributed by atoms with Gasteiger partial charge in [0.2, 0.25) is 0 Å². The highest BCUT2D eigenvalue weighted by Gasteiger charge is 2.33. The molecule has 0 N–H and O–H groups in total. The first-order valence-corrected chi connectivity index (χ1v) is 12.3. The molecule has 1 aliphatic heterocycles. The molecule has 1 fully saturated rings. The predicted octanol–water partition coefficient (Wildman–Crippen LogP) is 7.44. The van der Waals surface area contributed by atoms with E-state index >= 15 is 0 Å². The van der Waals surface area contributed by atoms with Gasteiger partial charge in [0.1, 0.15) is 12.4 Å². The summed E-state index contributed by atoms with van der Waals surface area (Å²) in [5, 5.41) is 2.39. The zero-order valence-electron chi connectivity index (χ0n) is 18.9. The second kappa shape index (κ2) is 9.45. The van der Waals surface area contributed by atoms with Crippen LogP contribution in [0, 0.1) is 13.8 Å². The lowest BCUT2D eigenvalue weighted by atomic mass is 10.1. The Morgan fingerprint density at radius 1 is 0.882 bits per heavy atom. The number of ether oxygens (including phenoxy) is 1. The number of fused-ring (bicyclic) bond motifs is 1. The first-order chi connectivity index (χ1) is 16.5. The molecule has 3 nitrogen and oxygen atoms in total. The van der Waals surface area contributed by atoms with Crippen molar-refractivity contribution in [1.29, 1.82) is 0 Å². The molecule has 0 aromatic heterocycles. The molecule has 4 aromatic rings. The Hall–Kier alpha value is -3.41. The molecular formula is C29H23NO2S2. The molecule has 168 valence electrons. The van der Waals surface area contributed by atoms with Gasteiger partial charge in [-0.05, 0) is 71.7 Å². The maximum atomic E-state index is 13.2. The van der Waals surface area contributed by atoms with Gasteiger partial charge in [-0.15, -0.1) is 0 Å². The van der Waals surface area contributed by atoms with E-state index in [9.17, 15) is 4.79 Å². The molecule has 0 unspecified atom stereocenters. The number of rotatable bonds is 5. The molecule has 0 spiro atoms. The number of hydrogen-bond acceptors (Lipinski definition) is 4. The summed E-state index contributed by atoms with van der Waals surface area (Å²) in [6.07, 6.45) is 1.87. The SMILES string of the molecule is Cc1ccc(N2C(=O)/C(=C/c3ccccc3OCc3ccc4ccccc4c3)SC2=S)cc1C. The summed E-state index contributed by atoms with van der Waals surface area (Å²) in [7, 11) is 0. The zero-order valence-corrected chi connectivity index (χ0v) is 20.6. The number of thiocarbonyl (C=S) groups is 1. The summed E-state index contributed by atoms with van der Waals surface area (Å²) in [6, 6.07) is 28.3. The molecule has 0 aliphatic carbocycles. The van der Waals surface area contributed by atoms with Gasteiger partial charge in [0.15, 0.2) is 4.32 Å². The lowest BCUT2D eigenvalue weighted by Gasteiger charge is -2.16. The highest BCUT2D eigenvalue weighted by Crippen LogP contribution is 2.37. The van der Waals surface area contributed by atoms with Crippen molar-refractivity contribution in [2.24, 2.45) is 0 Å². The Morgan fingerprint density at radius 3 is 2.47 bits per heavy atom. The van der Waals surface area contributed by atoms with E-state index in [0.29, 0.717) is 15.8 Å². The van der Waals surface area contributed by atoms with Crippen LogP contribution in [0.3, 0.4) is 0 Å². The first kappa shape index (κ1) is 22.4. The van der Waals surface area contributed by atoms with E-state index in [-0.39, 0.29) is 5.91 Å². The molecular weight excluding hydrogens is 458 g/mol. The van der Waals surface area contributed by atoms with Crippen LogP contribution in [0.2, 0.25) is 0 Å². The van der Waals surface area contributed by atoms with Crippen LogP contribution in [0.5, 0.6) is 5.75 Å². The van der Waals surface area contributed by atoms with Gasteiger partial charge in [-0.25, -0.2) is 0 Å². The van der Waals surface area contributed by atoms with Crippen LogP contribution >= 0.6 is 24.0 Å². The molecule has 34 heavy (non-hydrogen) atoms. The van der Waals surface area contributed by atoms with Crippen LogP contribution in [0.1, 0.15) is 22.3 Å². The van der Waals surface area contributed by atoms with Crippen molar-refractivity contribution in [1.82, 2.24) is 0 Å². The van der Waals surface area contributed by atoms with Crippen molar-refractivity contribution >= 4 is 56.7 Å². The van der Waals surface area contributed by atoms with Crippen LogP contribution < -0.4 is 9.64 Å². The van der Waals surface area contributed by atoms with E-state index in [1.165, 1.54) is 28.1 Å². The minimum Gasteiger partial charge on any atom is -0.488 e. The Bertz CT molecular complexity index is 1460.